The molecule has 3 heterocycles. The van der Waals surface area contributed by atoms with Gasteiger partial charge in [0.15, 0.2) is 0 Å². The van der Waals surface area contributed by atoms with Crippen LogP contribution in [0.3, 0.4) is 0 Å². The third-order valence-electron chi connectivity index (χ3n) is 3.58. The van der Waals surface area contributed by atoms with Crippen molar-refractivity contribution in [1.82, 2.24) is 15.0 Å². The van der Waals surface area contributed by atoms with Gasteiger partial charge in [-0.15, -0.1) is 0 Å². The summed E-state index contributed by atoms with van der Waals surface area (Å²) >= 11 is 3.34. The molecule has 9 heteroatoms. The summed E-state index contributed by atoms with van der Waals surface area (Å²) in [5, 5.41) is 0. The fourth-order valence-electron chi connectivity index (χ4n) is 2.39. The molecule has 5 nitrogen and oxygen atoms in total. The van der Waals surface area contributed by atoms with E-state index >= 15 is 0 Å². The molecule has 2 aromatic rings. The first-order chi connectivity index (χ1) is 10.9. The summed E-state index contributed by atoms with van der Waals surface area (Å²) in [6.07, 6.45) is -1.77. The van der Waals surface area contributed by atoms with Crippen LogP contribution in [-0.2, 0) is 6.18 Å². The van der Waals surface area contributed by atoms with Gasteiger partial charge in [0.25, 0.3) is 0 Å². The molecule has 1 aliphatic heterocycles. The maximum atomic E-state index is 12.7. The normalized spacial score (nSPS) is 15.8. The Hall–Kier alpha value is -1.90. The molecule has 0 bridgehead atoms. The van der Waals surface area contributed by atoms with Crippen molar-refractivity contribution in [1.29, 1.82) is 0 Å². The highest BCUT2D eigenvalue weighted by atomic mass is 79.9. The van der Waals surface area contributed by atoms with Crippen LogP contribution in [0.1, 0.15) is 5.69 Å². The van der Waals surface area contributed by atoms with Crippen molar-refractivity contribution in [3.63, 3.8) is 0 Å². The van der Waals surface area contributed by atoms with Crippen LogP contribution in [0.4, 0.5) is 24.8 Å². The largest absolute Gasteiger partial charge is 0.433 e. The first-order valence-corrected chi connectivity index (χ1v) is 7.73. The highest BCUT2D eigenvalue weighted by Gasteiger charge is 2.33. The lowest BCUT2D eigenvalue weighted by molar-refractivity contribution is -0.141. The number of alkyl halides is 3. The molecular weight excluding hydrogens is 375 g/mol. The summed E-state index contributed by atoms with van der Waals surface area (Å²) in [7, 11) is 0. The van der Waals surface area contributed by atoms with Crippen LogP contribution < -0.4 is 9.80 Å². The molecular formula is C14H13BrF3N5. The zero-order valence-corrected chi connectivity index (χ0v) is 13.5. The number of aromatic nitrogens is 3. The zero-order valence-electron chi connectivity index (χ0n) is 12.0. The van der Waals surface area contributed by atoms with Gasteiger partial charge >= 0.3 is 6.18 Å². The van der Waals surface area contributed by atoms with Gasteiger partial charge in [-0.2, -0.15) is 13.2 Å². The molecule has 0 unspecified atom stereocenters. The average molecular weight is 388 g/mol. The average Bonchev–Trinajstić information content (AvgIpc) is 2.55. The first kappa shape index (κ1) is 16.0. The number of piperazine rings is 1. The molecule has 122 valence electrons. The number of pyridine rings is 1. The van der Waals surface area contributed by atoms with Gasteiger partial charge < -0.3 is 9.80 Å². The lowest BCUT2D eigenvalue weighted by Crippen LogP contribution is -2.47. The number of hydrogen-bond donors (Lipinski definition) is 0. The standard InChI is InChI=1S/C14H13BrF3N5/c15-10-1-2-12(19-8-10)22-3-5-23(6-4-22)13-7-11(14(16,17)18)20-9-21-13/h1-2,7-9H,3-6H2. The Kier molecular flexibility index (Phi) is 4.38. The molecule has 0 spiro atoms. The zero-order chi connectivity index (χ0) is 16.4. The van der Waals surface area contributed by atoms with Gasteiger partial charge in [0.2, 0.25) is 0 Å². The van der Waals surface area contributed by atoms with Crippen LogP contribution in [0.5, 0.6) is 0 Å². The second-order valence-electron chi connectivity index (χ2n) is 5.07. The van der Waals surface area contributed by atoms with Gasteiger partial charge in [0.1, 0.15) is 23.7 Å². The molecule has 1 saturated heterocycles. The van der Waals surface area contributed by atoms with Crippen LogP contribution in [0.15, 0.2) is 35.2 Å². The molecule has 23 heavy (non-hydrogen) atoms. The maximum Gasteiger partial charge on any atom is 0.433 e. The van der Waals surface area contributed by atoms with E-state index in [4.69, 9.17) is 0 Å². The maximum absolute atomic E-state index is 12.7. The highest BCUT2D eigenvalue weighted by molar-refractivity contribution is 9.10. The molecule has 1 fully saturated rings. The second-order valence-corrected chi connectivity index (χ2v) is 5.98. The topological polar surface area (TPSA) is 45.2 Å². The van der Waals surface area contributed by atoms with E-state index in [1.54, 1.807) is 6.20 Å². The molecule has 0 atom stereocenters. The van der Waals surface area contributed by atoms with Crippen LogP contribution in [0.2, 0.25) is 0 Å². The van der Waals surface area contributed by atoms with E-state index in [0.29, 0.717) is 32.0 Å². The Bertz CT molecular complexity index is 669. The van der Waals surface area contributed by atoms with Gasteiger partial charge in [0, 0.05) is 42.9 Å². The van der Waals surface area contributed by atoms with Crippen molar-refractivity contribution >= 4 is 27.6 Å². The summed E-state index contributed by atoms with van der Waals surface area (Å²) in [6.45, 7) is 2.48. The molecule has 0 radical (unpaired) electrons. The van der Waals surface area contributed by atoms with E-state index in [2.05, 4.69) is 35.8 Å². The van der Waals surface area contributed by atoms with Crippen molar-refractivity contribution in [2.45, 2.75) is 6.18 Å². The van der Waals surface area contributed by atoms with Crippen LogP contribution in [0.25, 0.3) is 0 Å². The summed E-state index contributed by atoms with van der Waals surface area (Å²) in [5.41, 5.74) is -0.917. The van der Waals surface area contributed by atoms with Crippen LogP contribution in [-0.4, -0.2) is 41.1 Å². The number of rotatable bonds is 2. The van der Waals surface area contributed by atoms with E-state index in [1.807, 2.05) is 17.0 Å². The molecule has 0 aliphatic carbocycles. The highest BCUT2D eigenvalue weighted by Crippen LogP contribution is 2.29. The molecule has 0 aromatic carbocycles. The van der Waals surface area contributed by atoms with E-state index in [-0.39, 0.29) is 0 Å². The van der Waals surface area contributed by atoms with Crippen molar-refractivity contribution in [2.75, 3.05) is 36.0 Å². The minimum absolute atomic E-state index is 0.302. The fraction of sp³-hybridized carbons (Fsp3) is 0.357. The number of anilines is 2. The fourth-order valence-corrected chi connectivity index (χ4v) is 2.63. The number of nitrogens with zero attached hydrogens (tertiary/aromatic N) is 5. The molecule has 0 saturated carbocycles. The third-order valence-corrected chi connectivity index (χ3v) is 4.05. The SMILES string of the molecule is FC(F)(F)c1cc(N2CCN(c3ccc(Br)cn3)CC2)ncn1. The summed E-state index contributed by atoms with van der Waals surface area (Å²) < 4.78 is 39.1. The Balaban J connectivity index is 1.68. The third kappa shape index (κ3) is 3.72. The molecule has 0 amide bonds. The number of hydrogen-bond acceptors (Lipinski definition) is 5. The van der Waals surface area contributed by atoms with Gasteiger partial charge in [-0.25, -0.2) is 15.0 Å². The lowest BCUT2D eigenvalue weighted by atomic mass is 10.3. The predicted molar refractivity (Wildman–Crippen MR) is 83.4 cm³/mol. The molecule has 2 aromatic heterocycles. The molecule has 0 N–H and O–H groups in total. The second kappa shape index (κ2) is 6.31. The van der Waals surface area contributed by atoms with Crippen molar-refractivity contribution < 1.29 is 13.2 Å². The van der Waals surface area contributed by atoms with E-state index in [1.165, 1.54) is 0 Å². The van der Waals surface area contributed by atoms with E-state index < -0.39 is 11.9 Å². The van der Waals surface area contributed by atoms with E-state index in [0.717, 1.165) is 22.7 Å². The van der Waals surface area contributed by atoms with Gasteiger partial charge in [-0.05, 0) is 28.1 Å². The quantitative estimate of drug-likeness (QED) is 0.792. The monoisotopic (exact) mass is 387 g/mol. The molecule has 1 aliphatic rings. The Morgan fingerprint density at radius 2 is 1.57 bits per heavy atom. The van der Waals surface area contributed by atoms with Crippen molar-refractivity contribution in [2.24, 2.45) is 0 Å². The van der Waals surface area contributed by atoms with Gasteiger partial charge in [0.05, 0.1) is 0 Å². The minimum atomic E-state index is -4.46. The van der Waals surface area contributed by atoms with Crippen molar-refractivity contribution in [3.05, 3.63) is 40.9 Å². The van der Waals surface area contributed by atoms with Crippen LogP contribution >= 0.6 is 15.9 Å². The first-order valence-electron chi connectivity index (χ1n) is 6.94. The van der Waals surface area contributed by atoms with Crippen LogP contribution in [0, 0.1) is 0 Å². The molecule has 3 rings (SSSR count). The van der Waals surface area contributed by atoms with Crippen molar-refractivity contribution in [3.8, 4) is 0 Å². The summed E-state index contributed by atoms with van der Waals surface area (Å²) in [5.74, 6) is 1.15. The summed E-state index contributed by atoms with van der Waals surface area (Å²) in [4.78, 5) is 15.5. The van der Waals surface area contributed by atoms with E-state index in [9.17, 15) is 13.2 Å². The smallest absolute Gasteiger partial charge is 0.353 e. The number of halogens is 4. The Labute approximate surface area is 139 Å². The van der Waals surface area contributed by atoms with Gasteiger partial charge in [-0.3, -0.25) is 0 Å². The summed E-state index contributed by atoms with van der Waals surface area (Å²) in [6, 6.07) is 4.81. The van der Waals surface area contributed by atoms with Gasteiger partial charge in [-0.1, -0.05) is 0 Å². The predicted octanol–water partition coefficient (Wildman–Crippen LogP) is 2.98. The minimum Gasteiger partial charge on any atom is -0.353 e. The lowest BCUT2D eigenvalue weighted by Gasteiger charge is -2.36. The Morgan fingerprint density at radius 3 is 2.13 bits per heavy atom. The Morgan fingerprint density at radius 1 is 0.913 bits per heavy atom.